The van der Waals surface area contributed by atoms with Crippen molar-refractivity contribution in [2.24, 2.45) is 0 Å². The normalized spacial score (nSPS) is 16.7. The number of carbonyl (C=O) groups excluding carboxylic acids is 1. The van der Waals surface area contributed by atoms with Gasteiger partial charge < -0.3 is 14.1 Å². The molecule has 0 unspecified atom stereocenters. The first kappa shape index (κ1) is 9.05. The number of oxazole rings is 1. The van der Waals surface area contributed by atoms with Crippen molar-refractivity contribution in [2.45, 2.75) is 19.3 Å². The molecule has 0 radical (unpaired) electrons. The van der Waals surface area contributed by atoms with E-state index in [1.54, 1.807) is 4.90 Å². The topological polar surface area (TPSA) is 55.6 Å². The van der Waals surface area contributed by atoms with Crippen LogP contribution in [0.4, 0.5) is 4.79 Å². The number of hydrogen-bond acceptors (Lipinski definition) is 4. The Kier molecular flexibility index (Phi) is 2.67. The van der Waals surface area contributed by atoms with E-state index in [0.29, 0.717) is 0 Å². The molecule has 0 aromatic carbocycles. The van der Waals surface area contributed by atoms with Gasteiger partial charge in [-0.2, -0.15) is 0 Å². The summed E-state index contributed by atoms with van der Waals surface area (Å²) in [5.41, 5.74) is 0. The molecule has 2 heterocycles. The maximum Gasteiger partial charge on any atom is 0.417 e. The average Bonchev–Trinajstić information content (AvgIpc) is 2.72. The van der Waals surface area contributed by atoms with Crippen LogP contribution in [-0.2, 0) is 0 Å². The van der Waals surface area contributed by atoms with E-state index in [0.717, 1.165) is 25.9 Å². The lowest BCUT2D eigenvalue weighted by molar-refractivity contribution is 0.132. The van der Waals surface area contributed by atoms with E-state index in [-0.39, 0.29) is 12.0 Å². The van der Waals surface area contributed by atoms with Crippen LogP contribution in [0.25, 0.3) is 0 Å². The van der Waals surface area contributed by atoms with Gasteiger partial charge in [-0.15, -0.1) is 0 Å². The molecule has 1 aromatic rings. The molecule has 1 aromatic heterocycles. The molecule has 1 aliphatic rings. The van der Waals surface area contributed by atoms with Gasteiger partial charge in [-0.1, -0.05) is 0 Å². The first-order chi connectivity index (χ1) is 6.86. The molecule has 1 fully saturated rings. The summed E-state index contributed by atoms with van der Waals surface area (Å²) >= 11 is 0. The second-order valence-corrected chi connectivity index (χ2v) is 3.24. The molecule has 0 bridgehead atoms. The van der Waals surface area contributed by atoms with Gasteiger partial charge in [0.2, 0.25) is 0 Å². The highest BCUT2D eigenvalue weighted by Crippen LogP contribution is 2.13. The van der Waals surface area contributed by atoms with Crippen molar-refractivity contribution in [1.82, 2.24) is 9.88 Å². The van der Waals surface area contributed by atoms with Crippen molar-refractivity contribution in [3.8, 4) is 5.95 Å². The number of hydrogen-bond donors (Lipinski definition) is 0. The van der Waals surface area contributed by atoms with E-state index in [4.69, 9.17) is 9.15 Å². The second-order valence-electron chi connectivity index (χ2n) is 3.24. The number of ether oxygens (including phenoxy) is 1. The Morgan fingerprint density at radius 2 is 2.21 bits per heavy atom. The number of piperidine rings is 1. The highest BCUT2D eigenvalue weighted by atomic mass is 16.6. The summed E-state index contributed by atoms with van der Waals surface area (Å²) in [6, 6.07) is 0. The lowest BCUT2D eigenvalue weighted by Gasteiger charge is -2.24. The molecule has 76 valence electrons. The monoisotopic (exact) mass is 196 g/mol. The zero-order valence-electron chi connectivity index (χ0n) is 7.81. The standard InChI is InChI=1S/C9H12N2O3/c12-9(11-4-2-1-3-5-11)14-8-6-10-7-13-8/h6-7H,1-5H2. The molecule has 5 nitrogen and oxygen atoms in total. The molecule has 5 heteroatoms. The minimum Gasteiger partial charge on any atom is -0.413 e. The van der Waals surface area contributed by atoms with Crippen LogP contribution in [0.3, 0.4) is 0 Å². The molecule has 0 aliphatic carbocycles. The highest BCUT2D eigenvalue weighted by molar-refractivity contribution is 5.69. The van der Waals surface area contributed by atoms with Gasteiger partial charge in [-0.05, 0) is 19.3 Å². The summed E-state index contributed by atoms with van der Waals surface area (Å²) in [5.74, 6) is 0.153. The minimum absolute atomic E-state index is 0.153. The van der Waals surface area contributed by atoms with Crippen LogP contribution >= 0.6 is 0 Å². The maximum absolute atomic E-state index is 11.5. The fraction of sp³-hybridized carbons (Fsp3) is 0.556. The molecule has 0 atom stereocenters. The zero-order chi connectivity index (χ0) is 9.80. The largest absolute Gasteiger partial charge is 0.417 e. The Labute approximate surface area is 81.7 Å². The lowest BCUT2D eigenvalue weighted by atomic mass is 10.1. The summed E-state index contributed by atoms with van der Waals surface area (Å²) in [6.45, 7) is 1.54. The number of amides is 1. The average molecular weight is 196 g/mol. The first-order valence-corrected chi connectivity index (χ1v) is 4.71. The second kappa shape index (κ2) is 4.13. The van der Waals surface area contributed by atoms with Crippen molar-refractivity contribution in [3.05, 3.63) is 12.6 Å². The van der Waals surface area contributed by atoms with Crippen molar-refractivity contribution in [1.29, 1.82) is 0 Å². The van der Waals surface area contributed by atoms with E-state index < -0.39 is 0 Å². The Morgan fingerprint density at radius 3 is 2.86 bits per heavy atom. The van der Waals surface area contributed by atoms with Crippen LogP contribution in [0.2, 0.25) is 0 Å². The summed E-state index contributed by atoms with van der Waals surface area (Å²) in [5, 5.41) is 0. The Bertz CT molecular complexity index is 291. The molecular weight excluding hydrogens is 184 g/mol. The maximum atomic E-state index is 11.5. The minimum atomic E-state index is -0.346. The first-order valence-electron chi connectivity index (χ1n) is 4.71. The van der Waals surface area contributed by atoms with E-state index >= 15 is 0 Å². The van der Waals surface area contributed by atoms with Crippen molar-refractivity contribution >= 4 is 6.09 Å². The summed E-state index contributed by atoms with van der Waals surface area (Å²) in [6.07, 6.45) is 5.55. The van der Waals surface area contributed by atoms with Gasteiger partial charge in [0.25, 0.3) is 0 Å². The van der Waals surface area contributed by atoms with Crippen LogP contribution in [0, 0.1) is 0 Å². The molecule has 0 saturated carbocycles. The van der Waals surface area contributed by atoms with Gasteiger partial charge in [0.05, 0.1) is 0 Å². The van der Waals surface area contributed by atoms with E-state index in [1.165, 1.54) is 19.0 Å². The highest BCUT2D eigenvalue weighted by Gasteiger charge is 2.19. The van der Waals surface area contributed by atoms with Crippen molar-refractivity contribution < 1.29 is 13.9 Å². The van der Waals surface area contributed by atoms with E-state index in [1.807, 2.05) is 0 Å². The number of rotatable bonds is 1. The van der Waals surface area contributed by atoms with Gasteiger partial charge in [-0.3, -0.25) is 0 Å². The lowest BCUT2D eigenvalue weighted by Crippen LogP contribution is -2.37. The zero-order valence-corrected chi connectivity index (χ0v) is 7.81. The predicted octanol–water partition coefficient (Wildman–Crippen LogP) is 1.66. The van der Waals surface area contributed by atoms with Crippen molar-refractivity contribution in [2.75, 3.05) is 13.1 Å². The number of nitrogens with zero attached hydrogens (tertiary/aromatic N) is 2. The number of likely N-dealkylation sites (tertiary alicyclic amines) is 1. The van der Waals surface area contributed by atoms with Crippen LogP contribution in [0.5, 0.6) is 5.95 Å². The van der Waals surface area contributed by atoms with E-state index in [2.05, 4.69) is 4.98 Å². The SMILES string of the molecule is O=C(Oc1cnco1)N1CCCCC1. The molecule has 1 amide bonds. The smallest absolute Gasteiger partial charge is 0.413 e. The molecule has 0 N–H and O–H groups in total. The molecule has 0 spiro atoms. The van der Waals surface area contributed by atoms with Crippen molar-refractivity contribution in [3.63, 3.8) is 0 Å². The fourth-order valence-electron chi connectivity index (χ4n) is 1.48. The van der Waals surface area contributed by atoms with Crippen LogP contribution in [-0.4, -0.2) is 29.1 Å². The molecule has 1 saturated heterocycles. The van der Waals surface area contributed by atoms with Gasteiger partial charge in [0.15, 0.2) is 6.39 Å². The molecule has 1 aliphatic heterocycles. The van der Waals surface area contributed by atoms with Crippen LogP contribution in [0.1, 0.15) is 19.3 Å². The number of carbonyl (C=O) groups is 1. The van der Waals surface area contributed by atoms with Gasteiger partial charge in [0, 0.05) is 13.1 Å². The molecular formula is C9H12N2O3. The Hall–Kier alpha value is -1.52. The van der Waals surface area contributed by atoms with Gasteiger partial charge >= 0.3 is 12.0 Å². The molecule has 2 rings (SSSR count). The van der Waals surface area contributed by atoms with Gasteiger partial charge in [0.1, 0.15) is 6.20 Å². The Morgan fingerprint density at radius 1 is 1.43 bits per heavy atom. The quantitative estimate of drug-likeness (QED) is 0.685. The van der Waals surface area contributed by atoms with Crippen LogP contribution in [0.15, 0.2) is 17.0 Å². The van der Waals surface area contributed by atoms with Crippen LogP contribution < -0.4 is 4.74 Å². The third kappa shape index (κ3) is 2.04. The van der Waals surface area contributed by atoms with E-state index in [9.17, 15) is 4.79 Å². The Balaban J connectivity index is 1.88. The molecule has 14 heavy (non-hydrogen) atoms. The van der Waals surface area contributed by atoms with Gasteiger partial charge in [-0.25, -0.2) is 9.78 Å². The number of aromatic nitrogens is 1. The predicted molar refractivity (Wildman–Crippen MR) is 48.0 cm³/mol. The fourth-order valence-corrected chi connectivity index (χ4v) is 1.48. The summed E-state index contributed by atoms with van der Waals surface area (Å²) < 4.78 is 9.77. The third-order valence-corrected chi connectivity index (χ3v) is 2.21. The summed E-state index contributed by atoms with van der Waals surface area (Å²) in [7, 11) is 0. The summed E-state index contributed by atoms with van der Waals surface area (Å²) in [4.78, 5) is 16.8. The third-order valence-electron chi connectivity index (χ3n) is 2.21.